The summed E-state index contributed by atoms with van der Waals surface area (Å²) in [6.07, 6.45) is 0. The van der Waals surface area contributed by atoms with E-state index in [1.165, 1.54) is 0 Å². The maximum Gasteiger partial charge on any atom is 0.171 e. The average molecular weight is 279 g/mol. The number of nitrogens with one attached hydrogen (secondary N) is 1. The van der Waals surface area contributed by atoms with E-state index >= 15 is 0 Å². The number of nitrogens with zero attached hydrogens (tertiary/aromatic N) is 2. The lowest BCUT2D eigenvalue weighted by molar-refractivity contribution is 0.356. The van der Waals surface area contributed by atoms with Crippen molar-refractivity contribution < 1.29 is 9.47 Å². The number of benzene rings is 1. The molecular formula is C13H17N3O2S. The summed E-state index contributed by atoms with van der Waals surface area (Å²) in [5, 5.41) is 13.4. The number of ether oxygens (including phenoxy) is 2. The van der Waals surface area contributed by atoms with Crippen LogP contribution in [0, 0.1) is 0 Å². The van der Waals surface area contributed by atoms with Crippen LogP contribution >= 0.6 is 11.3 Å². The second-order valence-electron chi connectivity index (χ2n) is 3.82. The van der Waals surface area contributed by atoms with Gasteiger partial charge in [-0.15, -0.1) is 10.2 Å². The van der Waals surface area contributed by atoms with Gasteiger partial charge in [0.2, 0.25) is 0 Å². The van der Waals surface area contributed by atoms with Crippen LogP contribution in [-0.4, -0.2) is 31.0 Å². The molecule has 1 aromatic carbocycles. The number of methoxy groups -OCH3 is 2. The lowest BCUT2D eigenvalue weighted by Gasteiger charge is -2.10. The fraction of sp³-hybridized carbons (Fsp3) is 0.385. The molecule has 0 aliphatic rings. The average Bonchev–Trinajstić information content (AvgIpc) is 2.92. The number of rotatable bonds is 6. The second kappa shape index (κ2) is 6.49. The summed E-state index contributed by atoms with van der Waals surface area (Å²) >= 11 is 1.55. The first-order valence-electron chi connectivity index (χ1n) is 6.04. The number of para-hydroxylation sites is 1. The van der Waals surface area contributed by atoms with Crippen molar-refractivity contribution in [3.63, 3.8) is 0 Å². The van der Waals surface area contributed by atoms with Crippen LogP contribution in [-0.2, 0) is 6.54 Å². The standard InChI is InChI=1S/C13H17N3O2S/c1-4-14-8-11-15-16-13(19-11)9-6-5-7-10(17-2)12(9)18-3/h5-7,14H,4,8H2,1-3H3. The zero-order valence-electron chi connectivity index (χ0n) is 11.3. The van der Waals surface area contributed by atoms with E-state index in [-0.39, 0.29) is 0 Å². The molecular weight excluding hydrogens is 262 g/mol. The Hall–Kier alpha value is -1.66. The molecule has 6 heteroatoms. The number of hydrogen-bond acceptors (Lipinski definition) is 6. The number of aromatic nitrogens is 2. The van der Waals surface area contributed by atoms with Gasteiger partial charge >= 0.3 is 0 Å². The van der Waals surface area contributed by atoms with Crippen LogP contribution in [0.3, 0.4) is 0 Å². The molecule has 5 nitrogen and oxygen atoms in total. The van der Waals surface area contributed by atoms with E-state index < -0.39 is 0 Å². The van der Waals surface area contributed by atoms with Crippen molar-refractivity contribution in [2.45, 2.75) is 13.5 Å². The topological polar surface area (TPSA) is 56.3 Å². The van der Waals surface area contributed by atoms with E-state index in [1.807, 2.05) is 18.2 Å². The fourth-order valence-corrected chi connectivity index (χ4v) is 2.55. The van der Waals surface area contributed by atoms with Gasteiger partial charge in [0.25, 0.3) is 0 Å². The largest absolute Gasteiger partial charge is 0.493 e. The SMILES string of the molecule is CCNCc1nnc(-c2cccc(OC)c2OC)s1. The van der Waals surface area contributed by atoms with E-state index in [0.29, 0.717) is 11.5 Å². The van der Waals surface area contributed by atoms with Gasteiger partial charge < -0.3 is 14.8 Å². The molecule has 2 aromatic rings. The highest BCUT2D eigenvalue weighted by molar-refractivity contribution is 7.14. The molecule has 2 rings (SSSR count). The van der Waals surface area contributed by atoms with Gasteiger partial charge in [-0.3, -0.25) is 0 Å². The Labute approximate surface area is 116 Å². The van der Waals surface area contributed by atoms with Crippen LogP contribution in [0.25, 0.3) is 10.6 Å². The third kappa shape index (κ3) is 3.02. The van der Waals surface area contributed by atoms with Crippen molar-refractivity contribution >= 4 is 11.3 Å². The van der Waals surface area contributed by atoms with Crippen molar-refractivity contribution in [2.24, 2.45) is 0 Å². The van der Waals surface area contributed by atoms with Gasteiger partial charge in [0.05, 0.1) is 19.8 Å². The summed E-state index contributed by atoms with van der Waals surface area (Å²) in [7, 11) is 3.25. The molecule has 102 valence electrons. The summed E-state index contributed by atoms with van der Waals surface area (Å²) < 4.78 is 10.7. The molecule has 0 spiro atoms. The highest BCUT2D eigenvalue weighted by atomic mass is 32.1. The molecule has 1 aromatic heterocycles. The van der Waals surface area contributed by atoms with Gasteiger partial charge in [0, 0.05) is 6.54 Å². The first-order chi connectivity index (χ1) is 9.30. The lowest BCUT2D eigenvalue weighted by Crippen LogP contribution is -2.11. The van der Waals surface area contributed by atoms with E-state index in [9.17, 15) is 0 Å². The van der Waals surface area contributed by atoms with Gasteiger partial charge in [-0.05, 0) is 18.7 Å². The molecule has 0 aliphatic carbocycles. The molecule has 0 saturated heterocycles. The maximum absolute atomic E-state index is 5.41. The highest BCUT2D eigenvalue weighted by Gasteiger charge is 2.15. The third-order valence-corrected chi connectivity index (χ3v) is 3.58. The Bertz CT molecular complexity index is 542. The Morgan fingerprint density at radius 1 is 1.21 bits per heavy atom. The van der Waals surface area contributed by atoms with Crippen LogP contribution in [0.1, 0.15) is 11.9 Å². The van der Waals surface area contributed by atoms with Crippen molar-refractivity contribution in [3.8, 4) is 22.1 Å². The van der Waals surface area contributed by atoms with E-state index in [1.54, 1.807) is 25.6 Å². The molecule has 0 bridgehead atoms. The Morgan fingerprint density at radius 3 is 2.74 bits per heavy atom. The zero-order chi connectivity index (χ0) is 13.7. The smallest absolute Gasteiger partial charge is 0.171 e. The van der Waals surface area contributed by atoms with Crippen molar-refractivity contribution in [1.82, 2.24) is 15.5 Å². The van der Waals surface area contributed by atoms with Crippen LogP contribution in [0.5, 0.6) is 11.5 Å². The minimum absolute atomic E-state index is 0.691. The number of hydrogen-bond donors (Lipinski definition) is 1. The van der Waals surface area contributed by atoms with Gasteiger partial charge in [0.1, 0.15) is 5.01 Å². The predicted octanol–water partition coefficient (Wildman–Crippen LogP) is 2.33. The van der Waals surface area contributed by atoms with Crippen molar-refractivity contribution in [2.75, 3.05) is 20.8 Å². The molecule has 0 fully saturated rings. The summed E-state index contributed by atoms with van der Waals surface area (Å²) in [5.74, 6) is 1.39. The van der Waals surface area contributed by atoms with Gasteiger partial charge in [-0.2, -0.15) is 0 Å². The monoisotopic (exact) mass is 279 g/mol. The summed E-state index contributed by atoms with van der Waals surface area (Å²) in [6, 6.07) is 5.74. The Morgan fingerprint density at radius 2 is 2.05 bits per heavy atom. The summed E-state index contributed by atoms with van der Waals surface area (Å²) in [6.45, 7) is 3.71. The quantitative estimate of drug-likeness (QED) is 0.879. The molecule has 0 saturated carbocycles. The van der Waals surface area contributed by atoms with Crippen molar-refractivity contribution in [3.05, 3.63) is 23.2 Å². The van der Waals surface area contributed by atoms with Crippen LogP contribution in [0.2, 0.25) is 0 Å². The van der Waals surface area contributed by atoms with Gasteiger partial charge in [0.15, 0.2) is 16.5 Å². The predicted molar refractivity (Wildman–Crippen MR) is 75.8 cm³/mol. The third-order valence-electron chi connectivity index (χ3n) is 2.63. The highest BCUT2D eigenvalue weighted by Crippen LogP contribution is 2.38. The molecule has 1 heterocycles. The van der Waals surface area contributed by atoms with E-state index in [2.05, 4.69) is 22.4 Å². The maximum atomic E-state index is 5.41. The molecule has 0 atom stereocenters. The molecule has 1 N–H and O–H groups in total. The lowest BCUT2D eigenvalue weighted by atomic mass is 10.2. The van der Waals surface area contributed by atoms with Crippen molar-refractivity contribution in [1.29, 1.82) is 0 Å². The molecule has 19 heavy (non-hydrogen) atoms. The van der Waals surface area contributed by atoms with Crippen LogP contribution < -0.4 is 14.8 Å². The molecule has 0 aliphatic heterocycles. The first-order valence-corrected chi connectivity index (χ1v) is 6.86. The summed E-state index contributed by atoms with van der Waals surface area (Å²) in [4.78, 5) is 0. The Balaban J connectivity index is 2.33. The minimum atomic E-state index is 0.691. The molecule has 0 amide bonds. The van der Waals surface area contributed by atoms with Crippen LogP contribution in [0.4, 0.5) is 0 Å². The van der Waals surface area contributed by atoms with E-state index in [0.717, 1.165) is 28.7 Å². The zero-order valence-corrected chi connectivity index (χ0v) is 12.1. The summed E-state index contributed by atoms with van der Waals surface area (Å²) in [5.41, 5.74) is 0.905. The molecule has 0 unspecified atom stereocenters. The fourth-order valence-electron chi connectivity index (χ4n) is 1.72. The second-order valence-corrected chi connectivity index (χ2v) is 4.88. The minimum Gasteiger partial charge on any atom is -0.493 e. The Kier molecular flexibility index (Phi) is 4.70. The molecule has 0 radical (unpaired) electrons. The normalized spacial score (nSPS) is 10.5. The first kappa shape index (κ1) is 13.8. The van der Waals surface area contributed by atoms with Crippen LogP contribution in [0.15, 0.2) is 18.2 Å². The van der Waals surface area contributed by atoms with Gasteiger partial charge in [-0.1, -0.05) is 24.3 Å². The van der Waals surface area contributed by atoms with E-state index in [4.69, 9.17) is 9.47 Å². The van der Waals surface area contributed by atoms with Gasteiger partial charge in [-0.25, -0.2) is 0 Å².